The summed E-state index contributed by atoms with van der Waals surface area (Å²) < 4.78 is 1.88. The molecule has 1 aromatic carbocycles. The zero-order chi connectivity index (χ0) is 10.8. The molecule has 1 aromatic heterocycles. The third-order valence-electron chi connectivity index (χ3n) is 1.97. The maximum absolute atomic E-state index is 6.11. The molecule has 0 N–H and O–H groups in total. The van der Waals surface area contributed by atoms with E-state index in [4.69, 9.17) is 11.6 Å². The molecule has 0 amide bonds. The molecule has 0 aliphatic rings. The SMILES string of the molecule is Clc1ccccc1-c1nccc(Br)c1Br. The summed E-state index contributed by atoms with van der Waals surface area (Å²) in [7, 11) is 0. The highest BCUT2D eigenvalue weighted by atomic mass is 79.9. The van der Waals surface area contributed by atoms with Gasteiger partial charge in [0.05, 0.1) is 10.2 Å². The predicted molar refractivity (Wildman–Crippen MR) is 70.1 cm³/mol. The van der Waals surface area contributed by atoms with E-state index in [0.717, 1.165) is 20.2 Å². The Labute approximate surface area is 110 Å². The van der Waals surface area contributed by atoms with Gasteiger partial charge in [-0.25, -0.2) is 0 Å². The minimum atomic E-state index is 0.698. The van der Waals surface area contributed by atoms with E-state index in [1.807, 2.05) is 30.3 Å². The normalized spacial score (nSPS) is 10.3. The summed E-state index contributed by atoms with van der Waals surface area (Å²) in [5.41, 5.74) is 1.77. The Hall–Kier alpha value is -0.380. The molecule has 0 spiro atoms. The summed E-state index contributed by atoms with van der Waals surface area (Å²) in [6.07, 6.45) is 1.74. The lowest BCUT2D eigenvalue weighted by Gasteiger charge is -2.06. The Morgan fingerprint density at radius 2 is 1.80 bits per heavy atom. The van der Waals surface area contributed by atoms with Gasteiger partial charge in [0.15, 0.2) is 0 Å². The predicted octanol–water partition coefficient (Wildman–Crippen LogP) is 4.93. The first-order valence-electron chi connectivity index (χ1n) is 4.25. The maximum atomic E-state index is 6.11. The lowest BCUT2D eigenvalue weighted by molar-refractivity contribution is 1.29. The van der Waals surface area contributed by atoms with Gasteiger partial charge in [-0.05, 0) is 44.0 Å². The van der Waals surface area contributed by atoms with Crippen LogP contribution in [0.5, 0.6) is 0 Å². The second-order valence-corrected chi connectivity index (χ2v) is 4.99. The van der Waals surface area contributed by atoms with Gasteiger partial charge in [-0.3, -0.25) is 4.98 Å². The largest absolute Gasteiger partial charge is 0.255 e. The third kappa shape index (κ3) is 2.25. The van der Waals surface area contributed by atoms with E-state index < -0.39 is 0 Å². The minimum Gasteiger partial charge on any atom is -0.255 e. The smallest absolute Gasteiger partial charge is 0.0870 e. The highest BCUT2D eigenvalue weighted by Crippen LogP contribution is 2.35. The highest BCUT2D eigenvalue weighted by Gasteiger charge is 2.09. The molecular weight excluding hydrogens is 341 g/mol. The topological polar surface area (TPSA) is 12.9 Å². The van der Waals surface area contributed by atoms with E-state index >= 15 is 0 Å². The first kappa shape index (κ1) is 11.1. The molecular formula is C11H6Br2ClN. The number of benzene rings is 1. The second kappa shape index (κ2) is 4.64. The van der Waals surface area contributed by atoms with Crippen LogP contribution in [0, 0.1) is 0 Å². The second-order valence-electron chi connectivity index (χ2n) is 2.94. The van der Waals surface area contributed by atoms with Crippen molar-refractivity contribution in [2.24, 2.45) is 0 Å². The zero-order valence-electron chi connectivity index (χ0n) is 7.55. The number of aromatic nitrogens is 1. The van der Waals surface area contributed by atoms with E-state index in [9.17, 15) is 0 Å². The lowest BCUT2D eigenvalue weighted by Crippen LogP contribution is -1.86. The molecule has 0 saturated heterocycles. The average Bonchev–Trinajstić information content (AvgIpc) is 2.23. The van der Waals surface area contributed by atoms with E-state index in [2.05, 4.69) is 36.8 Å². The van der Waals surface area contributed by atoms with E-state index in [1.165, 1.54) is 0 Å². The van der Waals surface area contributed by atoms with Crippen LogP contribution >= 0.6 is 43.5 Å². The Bertz CT molecular complexity index is 500. The van der Waals surface area contributed by atoms with Gasteiger partial charge in [-0.15, -0.1) is 0 Å². The summed E-state index contributed by atoms with van der Waals surface area (Å²) in [4.78, 5) is 4.31. The van der Waals surface area contributed by atoms with Gasteiger partial charge < -0.3 is 0 Å². The molecule has 0 saturated carbocycles. The molecule has 0 aliphatic heterocycles. The van der Waals surface area contributed by atoms with Crippen LogP contribution in [0.15, 0.2) is 45.5 Å². The van der Waals surface area contributed by atoms with Crippen LogP contribution in [0.1, 0.15) is 0 Å². The monoisotopic (exact) mass is 345 g/mol. The van der Waals surface area contributed by atoms with E-state index in [1.54, 1.807) is 6.20 Å². The van der Waals surface area contributed by atoms with Gasteiger partial charge >= 0.3 is 0 Å². The van der Waals surface area contributed by atoms with Crippen molar-refractivity contribution < 1.29 is 0 Å². The lowest BCUT2D eigenvalue weighted by atomic mass is 10.1. The molecule has 4 heteroatoms. The van der Waals surface area contributed by atoms with Crippen molar-refractivity contribution in [3.05, 3.63) is 50.5 Å². The molecule has 76 valence electrons. The number of pyridine rings is 1. The van der Waals surface area contributed by atoms with Gasteiger partial charge in [-0.2, -0.15) is 0 Å². The molecule has 0 unspecified atom stereocenters. The van der Waals surface area contributed by atoms with Crippen molar-refractivity contribution >= 4 is 43.5 Å². The summed E-state index contributed by atoms with van der Waals surface area (Å²) in [5, 5.41) is 0.698. The van der Waals surface area contributed by atoms with Crippen LogP contribution in [0.3, 0.4) is 0 Å². The van der Waals surface area contributed by atoms with Crippen LogP contribution in [0.4, 0.5) is 0 Å². The molecule has 0 bridgehead atoms. The van der Waals surface area contributed by atoms with Gasteiger partial charge in [0, 0.05) is 21.3 Å². The van der Waals surface area contributed by atoms with E-state index in [-0.39, 0.29) is 0 Å². The van der Waals surface area contributed by atoms with Crippen LogP contribution in [-0.4, -0.2) is 4.98 Å². The van der Waals surface area contributed by atoms with Crippen molar-refractivity contribution in [1.82, 2.24) is 4.98 Å². The molecule has 1 nitrogen and oxygen atoms in total. The number of rotatable bonds is 1. The van der Waals surface area contributed by atoms with Crippen LogP contribution < -0.4 is 0 Å². The van der Waals surface area contributed by atoms with Crippen LogP contribution in [0.25, 0.3) is 11.3 Å². The molecule has 0 aliphatic carbocycles. The fraction of sp³-hybridized carbons (Fsp3) is 0. The van der Waals surface area contributed by atoms with Gasteiger partial charge in [0.2, 0.25) is 0 Å². The summed E-state index contributed by atoms with van der Waals surface area (Å²) in [5.74, 6) is 0. The minimum absolute atomic E-state index is 0.698. The van der Waals surface area contributed by atoms with Gasteiger partial charge in [0.1, 0.15) is 0 Å². The number of hydrogen-bond donors (Lipinski definition) is 0. The number of hydrogen-bond acceptors (Lipinski definition) is 1. The highest BCUT2D eigenvalue weighted by molar-refractivity contribution is 9.13. The summed E-state index contributed by atoms with van der Waals surface area (Å²) >= 11 is 13.0. The van der Waals surface area contributed by atoms with E-state index in [0.29, 0.717) is 5.02 Å². The van der Waals surface area contributed by atoms with Crippen LogP contribution in [0.2, 0.25) is 5.02 Å². The zero-order valence-corrected chi connectivity index (χ0v) is 11.5. The third-order valence-corrected chi connectivity index (χ3v) is 4.30. The quantitative estimate of drug-likeness (QED) is 0.713. The summed E-state index contributed by atoms with van der Waals surface area (Å²) in [6.45, 7) is 0. The average molecular weight is 347 g/mol. The Morgan fingerprint density at radius 3 is 2.53 bits per heavy atom. The van der Waals surface area contributed by atoms with Gasteiger partial charge in [0.25, 0.3) is 0 Å². The molecule has 0 radical (unpaired) electrons. The van der Waals surface area contributed by atoms with Crippen molar-refractivity contribution in [1.29, 1.82) is 0 Å². The number of halogens is 3. The molecule has 1 heterocycles. The van der Waals surface area contributed by atoms with Gasteiger partial charge in [-0.1, -0.05) is 29.8 Å². The first-order chi connectivity index (χ1) is 7.20. The first-order valence-corrected chi connectivity index (χ1v) is 6.21. The maximum Gasteiger partial charge on any atom is 0.0870 e. The van der Waals surface area contributed by atoms with Crippen LogP contribution in [-0.2, 0) is 0 Å². The molecule has 2 aromatic rings. The van der Waals surface area contributed by atoms with Crippen molar-refractivity contribution in [2.45, 2.75) is 0 Å². The number of nitrogens with zero attached hydrogens (tertiary/aromatic N) is 1. The molecule has 0 atom stereocenters. The Kier molecular flexibility index (Phi) is 3.44. The Morgan fingerprint density at radius 1 is 1.07 bits per heavy atom. The van der Waals surface area contributed by atoms with Crippen molar-refractivity contribution in [3.63, 3.8) is 0 Å². The molecule has 2 rings (SSSR count). The van der Waals surface area contributed by atoms with Crippen molar-refractivity contribution in [3.8, 4) is 11.3 Å². The fourth-order valence-electron chi connectivity index (χ4n) is 1.26. The van der Waals surface area contributed by atoms with Crippen molar-refractivity contribution in [2.75, 3.05) is 0 Å². The standard InChI is InChI=1S/C11H6Br2ClN/c12-8-5-6-15-11(10(8)13)7-3-1-2-4-9(7)14/h1-6H. The fourth-order valence-corrected chi connectivity index (χ4v) is 2.24. The summed E-state index contributed by atoms with van der Waals surface area (Å²) in [6, 6.07) is 9.52. The molecule has 15 heavy (non-hydrogen) atoms. The Balaban J connectivity index is 2.65. The molecule has 0 fully saturated rings.